The summed E-state index contributed by atoms with van der Waals surface area (Å²) in [5.41, 5.74) is 5.43. The summed E-state index contributed by atoms with van der Waals surface area (Å²) in [7, 11) is 0. The van der Waals surface area contributed by atoms with Crippen LogP contribution in [0.25, 0.3) is 0 Å². The number of hydrogen-bond donors (Lipinski definition) is 2. The Labute approximate surface area is 49.7 Å². The number of rotatable bonds is 1. The van der Waals surface area contributed by atoms with Gasteiger partial charge in [-0.3, -0.25) is 0 Å². The van der Waals surface area contributed by atoms with Crippen LogP contribution in [0.5, 0.6) is 0 Å². The van der Waals surface area contributed by atoms with Crippen molar-refractivity contribution >= 4 is 0 Å². The molecule has 48 valence electrons. The highest BCUT2D eigenvalue weighted by Gasteiger charge is 2.37. The van der Waals surface area contributed by atoms with Gasteiger partial charge in [-0.2, -0.15) is 0 Å². The first-order valence-corrected chi connectivity index (χ1v) is 3.06. The normalized spacial score (nSPS) is 46.1. The predicted molar refractivity (Wildman–Crippen MR) is 32.4 cm³/mol. The van der Waals surface area contributed by atoms with Gasteiger partial charge < -0.3 is 10.8 Å². The van der Waals surface area contributed by atoms with Crippen molar-refractivity contribution in [3.63, 3.8) is 0 Å². The molecule has 0 amide bonds. The van der Waals surface area contributed by atoms with Gasteiger partial charge in [0.25, 0.3) is 0 Å². The van der Waals surface area contributed by atoms with Crippen LogP contribution in [0, 0.1) is 5.92 Å². The van der Waals surface area contributed by atoms with Crippen LogP contribution >= 0.6 is 0 Å². The molecule has 2 heteroatoms. The summed E-state index contributed by atoms with van der Waals surface area (Å²) >= 11 is 0. The molecule has 0 bridgehead atoms. The lowest BCUT2D eigenvalue weighted by Crippen LogP contribution is -2.53. The van der Waals surface area contributed by atoms with Gasteiger partial charge in [0, 0.05) is 5.54 Å². The molecule has 1 rings (SSSR count). The van der Waals surface area contributed by atoms with Crippen molar-refractivity contribution < 1.29 is 5.11 Å². The van der Waals surface area contributed by atoms with Gasteiger partial charge in [0.15, 0.2) is 0 Å². The van der Waals surface area contributed by atoms with Crippen LogP contribution in [-0.4, -0.2) is 17.3 Å². The van der Waals surface area contributed by atoms with Crippen LogP contribution in [0.2, 0.25) is 0 Å². The largest absolute Gasteiger partial charge is 0.394 e. The summed E-state index contributed by atoms with van der Waals surface area (Å²) in [5.74, 6) is 0.729. The van der Waals surface area contributed by atoms with Gasteiger partial charge in [-0.15, -0.1) is 0 Å². The van der Waals surface area contributed by atoms with Crippen molar-refractivity contribution in [1.82, 2.24) is 0 Å². The first-order chi connectivity index (χ1) is 3.66. The molecule has 1 saturated carbocycles. The van der Waals surface area contributed by atoms with E-state index in [0.717, 1.165) is 18.8 Å². The van der Waals surface area contributed by atoms with Crippen LogP contribution in [0.3, 0.4) is 0 Å². The monoisotopic (exact) mass is 115 g/mol. The Hall–Kier alpha value is -0.0800. The summed E-state index contributed by atoms with van der Waals surface area (Å²) in [6.07, 6.45) is 1.98. The first kappa shape index (κ1) is 6.05. The summed E-state index contributed by atoms with van der Waals surface area (Å²) in [4.78, 5) is 0. The quantitative estimate of drug-likeness (QED) is 0.509. The molecule has 2 nitrogen and oxygen atoms in total. The maximum atomic E-state index is 8.64. The third kappa shape index (κ3) is 0.858. The lowest BCUT2D eigenvalue weighted by atomic mass is 9.70. The molecule has 0 aliphatic heterocycles. The molecule has 0 saturated heterocycles. The van der Waals surface area contributed by atoms with Crippen LogP contribution in [0.15, 0.2) is 0 Å². The van der Waals surface area contributed by atoms with Crippen LogP contribution in [0.4, 0.5) is 0 Å². The zero-order valence-electron chi connectivity index (χ0n) is 5.22. The standard InChI is InChI=1S/C6H13NO/c1-5-2-6(7,3-5)4-8/h5,8H,2-4,7H2,1H3. The summed E-state index contributed by atoms with van der Waals surface area (Å²) in [5, 5.41) is 8.64. The highest BCUT2D eigenvalue weighted by Crippen LogP contribution is 2.34. The summed E-state index contributed by atoms with van der Waals surface area (Å²) in [6, 6.07) is 0. The molecule has 1 aliphatic rings. The van der Waals surface area contributed by atoms with Crippen molar-refractivity contribution in [3.8, 4) is 0 Å². The molecule has 0 spiro atoms. The molecule has 0 heterocycles. The van der Waals surface area contributed by atoms with Crippen LogP contribution in [-0.2, 0) is 0 Å². The van der Waals surface area contributed by atoms with Gasteiger partial charge >= 0.3 is 0 Å². The van der Waals surface area contributed by atoms with Crippen molar-refractivity contribution in [1.29, 1.82) is 0 Å². The average Bonchev–Trinajstić information content (AvgIpc) is 1.63. The van der Waals surface area contributed by atoms with Crippen LogP contribution < -0.4 is 5.73 Å². The van der Waals surface area contributed by atoms with Gasteiger partial charge in [0.2, 0.25) is 0 Å². The van der Waals surface area contributed by atoms with E-state index in [2.05, 4.69) is 6.92 Å². The minimum atomic E-state index is -0.209. The van der Waals surface area contributed by atoms with Crippen molar-refractivity contribution in [2.24, 2.45) is 11.7 Å². The topological polar surface area (TPSA) is 46.2 Å². The SMILES string of the molecule is CC1CC(N)(CO)C1. The Morgan fingerprint density at radius 2 is 2.25 bits per heavy atom. The molecule has 1 fully saturated rings. The lowest BCUT2D eigenvalue weighted by Gasteiger charge is -2.41. The fraction of sp³-hybridized carbons (Fsp3) is 1.00. The molecule has 0 atom stereocenters. The molecule has 3 N–H and O–H groups in total. The average molecular weight is 115 g/mol. The van der Waals surface area contributed by atoms with Crippen LogP contribution in [0.1, 0.15) is 19.8 Å². The molecule has 8 heavy (non-hydrogen) atoms. The van der Waals surface area contributed by atoms with Gasteiger partial charge in [0.05, 0.1) is 6.61 Å². The predicted octanol–water partition coefficient (Wildman–Crippen LogP) is 0.106. The fourth-order valence-corrected chi connectivity index (χ4v) is 1.46. The van der Waals surface area contributed by atoms with Gasteiger partial charge in [-0.1, -0.05) is 6.92 Å². The maximum absolute atomic E-state index is 8.64. The van der Waals surface area contributed by atoms with E-state index >= 15 is 0 Å². The molecule has 0 aromatic carbocycles. The van der Waals surface area contributed by atoms with Gasteiger partial charge in [0.1, 0.15) is 0 Å². The van der Waals surface area contributed by atoms with E-state index in [1.54, 1.807) is 0 Å². The molecular formula is C6H13NO. The summed E-state index contributed by atoms with van der Waals surface area (Å²) < 4.78 is 0. The van der Waals surface area contributed by atoms with E-state index in [0.29, 0.717) is 0 Å². The van der Waals surface area contributed by atoms with Gasteiger partial charge in [-0.25, -0.2) is 0 Å². The molecule has 0 unspecified atom stereocenters. The Bertz CT molecular complexity index is 86.5. The second kappa shape index (κ2) is 1.71. The summed E-state index contributed by atoms with van der Waals surface area (Å²) in [6.45, 7) is 2.30. The van der Waals surface area contributed by atoms with Crippen molar-refractivity contribution in [3.05, 3.63) is 0 Å². The Morgan fingerprint density at radius 1 is 1.75 bits per heavy atom. The second-order valence-corrected chi connectivity index (χ2v) is 3.03. The second-order valence-electron chi connectivity index (χ2n) is 3.03. The minimum absolute atomic E-state index is 0.150. The minimum Gasteiger partial charge on any atom is -0.394 e. The third-order valence-corrected chi connectivity index (χ3v) is 1.82. The molecule has 0 radical (unpaired) electrons. The van der Waals surface area contributed by atoms with Crippen molar-refractivity contribution in [2.45, 2.75) is 25.3 Å². The smallest absolute Gasteiger partial charge is 0.0611 e. The van der Waals surface area contributed by atoms with E-state index in [1.807, 2.05) is 0 Å². The highest BCUT2D eigenvalue weighted by atomic mass is 16.3. The highest BCUT2D eigenvalue weighted by molar-refractivity contribution is 4.95. The third-order valence-electron chi connectivity index (χ3n) is 1.82. The molecule has 0 aromatic rings. The zero-order valence-corrected chi connectivity index (χ0v) is 5.22. The number of nitrogens with two attached hydrogens (primary N) is 1. The van der Waals surface area contributed by atoms with E-state index in [-0.39, 0.29) is 12.1 Å². The van der Waals surface area contributed by atoms with Gasteiger partial charge in [-0.05, 0) is 18.8 Å². The number of aliphatic hydroxyl groups is 1. The van der Waals surface area contributed by atoms with E-state index in [4.69, 9.17) is 10.8 Å². The number of aliphatic hydroxyl groups excluding tert-OH is 1. The lowest BCUT2D eigenvalue weighted by molar-refractivity contribution is 0.0819. The molecule has 0 aromatic heterocycles. The van der Waals surface area contributed by atoms with Crippen molar-refractivity contribution in [2.75, 3.05) is 6.61 Å². The Balaban J connectivity index is 2.30. The Morgan fingerprint density at radius 3 is 2.38 bits per heavy atom. The fourth-order valence-electron chi connectivity index (χ4n) is 1.46. The van der Waals surface area contributed by atoms with E-state index < -0.39 is 0 Å². The molecular weight excluding hydrogens is 102 g/mol. The molecule has 1 aliphatic carbocycles. The number of hydrogen-bond acceptors (Lipinski definition) is 2. The first-order valence-electron chi connectivity index (χ1n) is 3.06. The zero-order chi connectivity index (χ0) is 6.20. The van der Waals surface area contributed by atoms with E-state index in [1.165, 1.54) is 0 Å². The Kier molecular flexibility index (Phi) is 1.29. The maximum Gasteiger partial charge on any atom is 0.0611 e. The van der Waals surface area contributed by atoms with E-state index in [9.17, 15) is 0 Å².